The molecule has 1 aromatic carbocycles. The molecular formula is C15H19N5O2. The topological polar surface area (TPSA) is 102 Å². The third kappa shape index (κ3) is 3.92. The molecule has 2 atom stereocenters. The minimum absolute atomic E-state index is 0.195. The van der Waals surface area contributed by atoms with Gasteiger partial charge in [0.05, 0.1) is 6.04 Å². The Labute approximate surface area is 128 Å². The van der Waals surface area contributed by atoms with Crippen LogP contribution >= 0.6 is 0 Å². The molecule has 0 aliphatic rings. The van der Waals surface area contributed by atoms with E-state index < -0.39 is 12.1 Å². The van der Waals surface area contributed by atoms with Crippen molar-refractivity contribution < 1.29 is 9.59 Å². The van der Waals surface area contributed by atoms with Crippen LogP contribution in [0.15, 0.2) is 42.7 Å². The summed E-state index contributed by atoms with van der Waals surface area (Å²) < 4.78 is 1.57. The molecule has 0 fully saturated rings. The van der Waals surface area contributed by atoms with Crippen LogP contribution < -0.4 is 16.4 Å². The number of hydrogen-bond acceptors (Lipinski definition) is 4. The molecule has 1 heterocycles. The highest BCUT2D eigenvalue weighted by molar-refractivity contribution is 5.96. The van der Waals surface area contributed by atoms with E-state index in [2.05, 4.69) is 15.7 Å². The van der Waals surface area contributed by atoms with Crippen molar-refractivity contribution in [2.24, 2.45) is 5.73 Å². The molecule has 1 aromatic heterocycles. The fourth-order valence-corrected chi connectivity index (χ4v) is 1.81. The molecular weight excluding hydrogens is 282 g/mol. The van der Waals surface area contributed by atoms with E-state index in [1.54, 1.807) is 61.3 Å². The van der Waals surface area contributed by atoms with Gasteiger partial charge in [-0.3, -0.25) is 14.3 Å². The van der Waals surface area contributed by atoms with E-state index in [0.717, 1.165) is 0 Å². The minimum Gasteiger partial charge on any atom is -0.325 e. The van der Waals surface area contributed by atoms with E-state index in [0.29, 0.717) is 11.4 Å². The number of nitrogens with two attached hydrogens (primary N) is 1. The number of amides is 2. The van der Waals surface area contributed by atoms with Crippen molar-refractivity contribution in [3.05, 3.63) is 42.7 Å². The Morgan fingerprint density at radius 2 is 1.77 bits per heavy atom. The number of benzene rings is 1. The average molecular weight is 301 g/mol. The highest BCUT2D eigenvalue weighted by Gasteiger charge is 2.15. The van der Waals surface area contributed by atoms with Gasteiger partial charge in [-0.15, -0.1) is 0 Å². The molecule has 0 aliphatic carbocycles. The first kappa shape index (κ1) is 15.7. The van der Waals surface area contributed by atoms with Gasteiger partial charge in [0.1, 0.15) is 6.04 Å². The fourth-order valence-electron chi connectivity index (χ4n) is 1.81. The minimum atomic E-state index is -0.599. The van der Waals surface area contributed by atoms with Crippen LogP contribution in [-0.4, -0.2) is 27.6 Å². The summed E-state index contributed by atoms with van der Waals surface area (Å²) in [4.78, 5) is 23.7. The Morgan fingerprint density at radius 3 is 2.32 bits per heavy atom. The van der Waals surface area contributed by atoms with Crippen molar-refractivity contribution >= 4 is 23.2 Å². The normalized spacial score (nSPS) is 13.2. The van der Waals surface area contributed by atoms with Gasteiger partial charge in [-0.1, -0.05) is 6.07 Å². The Bertz CT molecular complexity index is 652. The van der Waals surface area contributed by atoms with Crippen molar-refractivity contribution in [3.8, 4) is 0 Å². The first-order valence-electron chi connectivity index (χ1n) is 6.94. The van der Waals surface area contributed by atoms with Gasteiger partial charge in [0.15, 0.2) is 0 Å². The molecule has 2 amide bonds. The van der Waals surface area contributed by atoms with Gasteiger partial charge in [0.2, 0.25) is 11.8 Å². The van der Waals surface area contributed by atoms with Gasteiger partial charge in [-0.25, -0.2) is 0 Å². The van der Waals surface area contributed by atoms with Crippen molar-refractivity contribution in [2.75, 3.05) is 10.6 Å². The lowest BCUT2D eigenvalue weighted by molar-refractivity contribution is -0.119. The summed E-state index contributed by atoms with van der Waals surface area (Å²) >= 11 is 0. The van der Waals surface area contributed by atoms with Crippen molar-refractivity contribution in [3.63, 3.8) is 0 Å². The highest BCUT2D eigenvalue weighted by Crippen LogP contribution is 2.17. The van der Waals surface area contributed by atoms with Crippen LogP contribution in [0.2, 0.25) is 0 Å². The molecule has 22 heavy (non-hydrogen) atoms. The molecule has 0 saturated carbocycles. The molecule has 1 unspecified atom stereocenters. The van der Waals surface area contributed by atoms with E-state index in [9.17, 15) is 9.59 Å². The van der Waals surface area contributed by atoms with Crippen molar-refractivity contribution in [2.45, 2.75) is 25.9 Å². The zero-order valence-corrected chi connectivity index (χ0v) is 12.5. The molecule has 0 radical (unpaired) electrons. The molecule has 7 heteroatoms. The SMILES string of the molecule is CC(C(=O)Nc1cccc(NC(=O)[C@@H](C)N)c1)n1cccn1. The summed E-state index contributed by atoms with van der Waals surface area (Å²) in [5, 5.41) is 9.51. The first-order valence-corrected chi connectivity index (χ1v) is 6.94. The van der Waals surface area contributed by atoms with Gasteiger partial charge in [0, 0.05) is 23.8 Å². The van der Waals surface area contributed by atoms with Crippen molar-refractivity contribution in [1.82, 2.24) is 9.78 Å². The van der Waals surface area contributed by atoms with E-state index >= 15 is 0 Å². The van der Waals surface area contributed by atoms with Gasteiger partial charge >= 0.3 is 0 Å². The molecule has 0 spiro atoms. The Hall–Kier alpha value is -2.67. The fraction of sp³-hybridized carbons (Fsp3) is 0.267. The van der Waals surface area contributed by atoms with E-state index in [-0.39, 0.29) is 11.8 Å². The van der Waals surface area contributed by atoms with E-state index in [4.69, 9.17) is 5.73 Å². The molecule has 2 rings (SSSR count). The highest BCUT2D eigenvalue weighted by atomic mass is 16.2. The van der Waals surface area contributed by atoms with Crippen LogP contribution in [0.5, 0.6) is 0 Å². The summed E-state index contributed by atoms with van der Waals surface area (Å²) in [7, 11) is 0. The maximum atomic E-state index is 12.2. The zero-order chi connectivity index (χ0) is 16.1. The summed E-state index contributed by atoms with van der Waals surface area (Å²) in [5.74, 6) is -0.479. The second-order valence-electron chi connectivity index (χ2n) is 5.01. The third-order valence-electron chi connectivity index (χ3n) is 3.11. The predicted octanol–water partition coefficient (Wildman–Crippen LogP) is 1.37. The van der Waals surface area contributed by atoms with E-state index in [1.807, 2.05) is 0 Å². The number of anilines is 2. The molecule has 0 saturated heterocycles. The van der Waals surface area contributed by atoms with Crippen molar-refractivity contribution in [1.29, 1.82) is 0 Å². The number of carbonyl (C=O) groups excluding carboxylic acids is 2. The van der Waals surface area contributed by atoms with Crippen LogP contribution in [0, 0.1) is 0 Å². The molecule has 116 valence electrons. The Balaban J connectivity index is 2.04. The summed E-state index contributed by atoms with van der Waals surface area (Å²) in [5.41, 5.74) is 6.67. The second kappa shape index (κ2) is 6.86. The predicted molar refractivity (Wildman–Crippen MR) is 84.3 cm³/mol. The summed E-state index contributed by atoms with van der Waals surface area (Å²) in [6.07, 6.45) is 3.34. The number of nitrogens with one attached hydrogen (secondary N) is 2. The smallest absolute Gasteiger partial charge is 0.248 e. The largest absolute Gasteiger partial charge is 0.325 e. The monoisotopic (exact) mass is 301 g/mol. The number of nitrogens with zero attached hydrogens (tertiary/aromatic N) is 2. The van der Waals surface area contributed by atoms with Crippen LogP contribution in [0.4, 0.5) is 11.4 Å². The van der Waals surface area contributed by atoms with Crippen LogP contribution in [-0.2, 0) is 9.59 Å². The number of carbonyl (C=O) groups is 2. The summed E-state index contributed by atoms with van der Waals surface area (Å²) in [6.45, 7) is 3.36. The average Bonchev–Trinajstić information content (AvgIpc) is 3.00. The van der Waals surface area contributed by atoms with Gasteiger partial charge in [-0.2, -0.15) is 5.10 Å². The van der Waals surface area contributed by atoms with Gasteiger partial charge in [-0.05, 0) is 38.1 Å². The lowest BCUT2D eigenvalue weighted by Gasteiger charge is -2.14. The standard InChI is InChI=1S/C15H19N5O2/c1-10(16)14(21)18-12-5-3-6-13(9-12)19-15(22)11(2)20-8-4-7-17-20/h3-11H,16H2,1-2H3,(H,18,21)(H,19,22)/t10-,11?/m1/s1. The lowest BCUT2D eigenvalue weighted by Crippen LogP contribution is -2.32. The second-order valence-corrected chi connectivity index (χ2v) is 5.01. The number of rotatable bonds is 5. The first-order chi connectivity index (χ1) is 10.5. The van der Waals surface area contributed by atoms with Crippen LogP contribution in [0.1, 0.15) is 19.9 Å². The molecule has 7 nitrogen and oxygen atoms in total. The van der Waals surface area contributed by atoms with Crippen LogP contribution in [0.3, 0.4) is 0 Å². The third-order valence-corrected chi connectivity index (χ3v) is 3.11. The quantitative estimate of drug-likeness (QED) is 0.776. The Kier molecular flexibility index (Phi) is 4.90. The molecule has 0 aliphatic heterocycles. The maximum absolute atomic E-state index is 12.2. The van der Waals surface area contributed by atoms with Gasteiger partial charge < -0.3 is 16.4 Å². The molecule has 4 N–H and O–H groups in total. The number of aromatic nitrogens is 2. The molecule has 2 aromatic rings. The zero-order valence-electron chi connectivity index (χ0n) is 12.5. The van der Waals surface area contributed by atoms with Crippen LogP contribution in [0.25, 0.3) is 0 Å². The van der Waals surface area contributed by atoms with E-state index in [1.165, 1.54) is 0 Å². The number of hydrogen-bond donors (Lipinski definition) is 3. The lowest BCUT2D eigenvalue weighted by atomic mass is 10.2. The Morgan fingerprint density at radius 1 is 1.14 bits per heavy atom. The maximum Gasteiger partial charge on any atom is 0.248 e. The molecule has 0 bridgehead atoms. The van der Waals surface area contributed by atoms with Gasteiger partial charge in [0.25, 0.3) is 0 Å². The summed E-state index contributed by atoms with van der Waals surface area (Å²) in [6, 6.07) is 7.62.